The number of amides is 1. The monoisotopic (exact) mass is 364 g/mol. The highest BCUT2D eigenvalue weighted by Gasteiger charge is 2.21. The highest BCUT2D eigenvalue weighted by Crippen LogP contribution is 2.23. The van der Waals surface area contributed by atoms with E-state index in [-0.39, 0.29) is 12.6 Å². The van der Waals surface area contributed by atoms with Crippen LogP contribution in [0.15, 0.2) is 59.1 Å². The lowest BCUT2D eigenvalue weighted by atomic mass is 10.1. The first-order valence-electron chi connectivity index (χ1n) is 9.06. The van der Waals surface area contributed by atoms with Crippen molar-refractivity contribution in [2.24, 2.45) is 5.73 Å². The zero-order valence-electron chi connectivity index (χ0n) is 15.6. The average molecular weight is 364 g/mol. The van der Waals surface area contributed by atoms with Crippen LogP contribution in [0.25, 0.3) is 11.4 Å². The van der Waals surface area contributed by atoms with Crippen molar-refractivity contribution in [3.05, 3.63) is 71.6 Å². The topological polar surface area (TPSA) is 85.3 Å². The summed E-state index contributed by atoms with van der Waals surface area (Å²) in [7, 11) is 0. The van der Waals surface area contributed by atoms with Crippen LogP contribution < -0.4 is 5.73 Å². The Hall–Kier alpha value is -2.99. The van der Waals surface area contributed by atoms with E-state index in [9.17, 15) is 4.79 Å². The minimum Gasteiger partial charge on any atom is -0.369 e. The molecule has 6 nitrogen and oxygen atoms in total. The second-order valence-corrected chi connectivity index (χ2v) is 6.52. The van der Waals surface area contributed by atoms with Gasteiger partial charge in [0.1, 0.15) is 0 Å². The third kappa shape index (κ3) is 4.80. The summed E-state index contributed by atoms with van der Waals surface area (Å²) >= 11 is 0. The van der Waals surface area contributed by atoms with Gasteiger partial charge in [-0.15, -0.1) is 0 Å². The normalized spacial score (nSPS) is 12.3. The maximum absolute atomic E-state index is 11.5. The average Bonchev–Trinajstić information content (AvgIpc) is 3.16. The van der Waals surface area contributed by atoms with Gasteiger partial charge in [0.05, 0.1) is 13.1 Å². The van der Waals surface area contributed by atoms with Gasteiger partial charge in [-0.3, -0.25) is 9.69 Å². The van der Waals surface area contributed by atoms with Crippen LogP contribution in [0.4, 0.5) is 0 Å². The first-order chi connectivity index (χ1) is 13.1. The Bertz CT molecular complexity index is 875. The molecule has 0 saturated heterocycles. The van der Waals surface area contributed by atoms with Crippen LogP contribution in [0.5, 0.6) is 0 Å². The van der Waals surface area contributed by atoms with Gasteiger partial charge in [0.15, 0.2) is 0 Å². The summed E-state index contributed by atoms with van der Waals surface area (Å²) < 4.78 is 5.42. The van der Waals surface area contributed by atoms with Crippen LogP contribution in [0, 0.1) is 0 Å². The molecule has 2 N–H and O–H groups in total. The number of hydrogen-bond acceptors (Lipinski definition) is 5. The molecule has 1 aromatic heterocycles. The predicted molar refractivity (Wildman–Crippen MR) is 104 cm³/mol. The van der Waals surface area contributed by atoms with Crippen LogP contribution in [-0.4, -0.2) is 27.5 Å². The van der Waals surface area contributed by atoms with E-state index in [0.717, 1.165) is 17.5 Å². The van der Waals surface area contributed by atoms with E-state index in [4.69, 9.17) is 10.3 Å². The maximum atomic E-state index is 11.5. The second-order valence-electron chi connectivity index (χ2n) is 6.52. The molecule has 3 rings (SSSR count). The quantitative estimate of drug-likeness (QED) is 0.662. The molecule has 0 spiro atoms. The molecule has 0 aliphatic carbocycles. The fourth-order valence-electron chi connectivity index (χ4n) is 2.97. The molecule has 1 amide bonds. The molecular weight excluding hydrogens is 340 g/mol. The number of hydrogen-bond donors (Lipinski definition) is 1. The zero-order chi connectivity index (χ0) is 19.2. The Morgan fingerprint density at radius 3 is 2.48 bits per heavy atom. The van der Waals surface area contributed by atoms with Crippen molar-refractivity contribution in [1.29, 1.82) is 0 Å². The Morgan fingerprint density at radius 1 is 1.15 bits per heavy atom. The molecule has 0 aliphatic rings. The maximum Gasteiger partial charge on any atom is 0.241 e. The Morgan fingerprint density at radius 2 is 1.85 bits per heavy atom. The Balaban J connectivity index is 1.77. The minimum atomic E-state index is -0.396. The van der Waals surface area contributed by atoms with Crippen molar-refractivity contribution in [1.82, 2.24) is 15.0 Å². The van der Waals surface area contributed by atoms with E-state index < -0.39 is 5.91 Å². The molecule has 0 fully saturated rings. The van der Waals surface area contributed by atoms with Gasteiger partial charge in [0.25, 0.3) is 0 Å². The largest absolute Gasteiger partial charge is 0.369 e. The van der Waals surface area contributed by atoms with Gasteiger partial charge >= 0.3 is 0 Å². The van der Waals surface area contributed by atoms with Crippen molar-refractivity contribution in [3.63, 3.8) is 0 Å². The highest BCUT2D eigenvalue weighted by atomic mass is 16.5. The number of aromatic nitrogens is 2. The van der Waals surface area contributed by atoms with E-state index in [1.807, 2.05) is 54.3 Å². The van der Waals surface area contributed by atoms with Crippen LogP contribution in [-0.2, 0) is 17.8 Å². The highest BCUT2D eigenvalue weighted by molar-refractivity contribution is 5.76. The Kier molecular flexibility index (Phi) is 5.98. The molecule has 27 heavy (non-hydrogen) atoms. The summed E-state index contributed by atoms with van der Waals surface area (Å²) in [5.74, 6) is 0.598. The van der Waals surface area contributed by atoms with Crippen molar-refractivity contribution >= 4 is 5.91 Å². The number of carbonyl (C=O) groups excluding carboxylic acids is 1. The lowest BCUT2D eigenvalue weighted by Gasteiger charge is -2.26. The molecule has 0 bridgehead atoms. The van der Waals surface area contributed by atoms with E-state index >= 15 is 0 Å². The minimum absolute atomic E-state index is 0.0158. The van der Waals surface area contributed by atoms with E-state index in [1.54, 1.807) is 0 Å². The molecule has 3 aromatic rings. The number of rotatable bonds is 8. The first kappa shape index (κ1) is 18.8. The third-order valence-electron chi connectivity index (χ3n) is 4.62. The van der Waals surface area contributed by atoms with Crippen molar-refractivity contribution in [2.75, 3.05) is 6.54 Å². The zero-order valence-corrected chi connectivity index (χ0v) is 15.6. The number of nitrogens with zero attached hydrogens (tertiary/aromatic N) is 3. The SMILES string of the molecule is CCc1ccc(-c2noc(CN(CC(N)=O)[C@H](C)c3ccccc3)n2)cc1. The van der Waals surface area contributed by atoms with Gasteiger partial charge in [-0.25, -0.2) is 0 Å². The number of primary amides is 1. The molecule has 2 aromatic carbocycles. The Labute approximate surface area is 159 Å². The molecular formula is C21H24N4O2. The van der Waals surface area contributed by atoms with Gasteiger partial charge < -0.3 is 10.3 Å². The summed E-state index contributed by atoms with van der Waals surface area (Å²) in [5.41, 5.74) is 8.69. The summed E-state index contributed by atoms with van der Waals surface area (Å²) in [6.07, 6.45) is 0.983. The summed E-state index contributed by atoms with van der Waals surface area (Å²) in [6.45, 7) is 4.60. The van der Waals surface area contributed by atoms with Gasteiger partial charge in [-0.05, 0) is 24.5 Å². The van der Waals surface area contributed by atoms with Gasteiger partial charge in [0, 0.05) is 11.6 Å². The number of carbonyl (C=O) groups is 1. The van der Waals surface area contributed by atoms with E-state index in [1.165, 1.54) is 5.56 Å². The molecule has 140 valence electrons. The van der Waals surface area contributed by atoms with Gasteiger partial charge in [-0.1, -0.05) is 66.7 Å². The lowest BCUT2D eigenvalue weighted by molar-refractivity contribution is -0.119. The molecule has 0 aliphatic heterocycles. The molecule has 0 radical (unpaired) electrons. The van der Waals surface area contributed by atoms with Crippen LogP contribution in [0.3, 0.4) is 0 Å². The molecule has 6 heteroatoms. The smallest absolute Gasteiger partial charge is 0.241 e. The van der Waals surface area contributed by atoms with E-state index in [2.05, 4.69) is 29.2 Å². The van der Waals surface area contributed by atoms with Crippen LogP contribution in [0.2, 0.25) is 0 Å². The standard InChI is InChI=1S/C21H24N4O2/c1-3-16-9-11-18(12-10-16)21-23-20(27-24-21)14-25(13-19(22)26)15(2)17-7-5-4-6-8-17/h4-12,15H,3,13-14H2,1-2H3,(H2,22,26)/t15-/m1/s1. The number of aryl methyl sites for hydroxylation is 1. The van der Waals surface area contributed by atoms with Crippen LogP contribution >= 0.6 is 0 Å². The van der Waals surface area contributed by atoms with Crippen LogP contribution in [0.1, 0.15) is 36.9 Å². The van der Waals surface area contributed by atoms with Gasteiger partial charge in [0.2, 0.25) is 17.6 Å². The third-order valence-corrected chi connectivity index (χ3v) is 4.62. The van der Waals surface area contributed by atoms with E-state index in [0.29, 0.717) is 18.3 Å². The number of benzene rings is 2. The van der Waals surface area contributed by atoms with Gasteiger partial charge in [-0.2, -0.15) is 4.98 Å². The molecule has 1 heterocycles. The van der Waals surface area contributed by atoms with Crippen molar-refractivity contribution in [2.45, 2.75) is 32.9 Å². The lowest BCUT2D eigenvalue weighted by Crippen LogP contribution is -2.35. The summed E-state index contributed by atoms with van der Waals surface area (Å²) in [5, 5.41) is 4.08. The summed E-state index contributed by atoms with van der Waals surface area (Å²) in [6, 6.07) is 18.0. The molecule has 0 unspecified atom stereocenters. The fourth-order valence-corrected chi connectivity index (χ4v) is 2.97. The molecule has 0 saturated carbocycles. The van der Waals surface area contributed by atoms with Crippen molar-refractivity contribution < 1.29 is 9.32 Å². The number of nitrogens with two attached hydrogens (primary N) is 1. The summed E-state index contributed by atoms with van der Waals surface area (Å²) in [4.78, 5) is 17.9. The fraction of sp³-hybridized carbons (Fsp3) is 0.286. The first-order valence-corrected chi connectivity index (χ1v) is 9.06. The molecule has 1 atom stereocenters. The van der Waals surface area contributed by atoms with Crippen molar-refractivity contribution in [3.8, 4) is 11.4 Å². The predicted octanol–water partition coefficient (Wildman–Crippen LogP) is 3.35. The second kappa shape index (κ2) is 8.60.